The van der Waals surface area contributed by atoms with E-state index in [-0.39, 0.29) is 23.7 Å². The molecule has 1 atom stereocenters. The number of aryl methyl sites for hydroxylation is 1. The van der Waals surface area contributed by atoms with Crippen molar-refractivity contribution in [1.29, 1.82) is 0 Å². The average molecular weight is 351 g/mol. The van der Waals surface area contributed by atoms with Crippen LogP contribution in [0.4, 0.5) is 0 Å². The molecule has 1 saturated heterocycles. The third-order valence-electron chi connectivity index (χ3n) is 4.27. The predicted molar refractivity (Wildman–Crippen MR) is 93.4 cm³/mol. The van der Waals surface area contributed by atoms with Crippen molar-refractivity contribution < 1.29 is 18.8 Å². The maximum Gasteiger partial charge on any atom is 0.257 e. The predicted octanol–water partition coefficient (Wildman–Crippen LogP) is 2.11. The lowest BCUT2D eigenvalue weighted by molar-refractivity contribution is -0.137. The van der Waals surface area contributed by atoms with Gasteiger partial charge in [0, 0.05) is 19.0 Å². The molecule has 1 fully saturated rings. The summed E-state index contributed by atoms with van der Waals surface area (Å²) in [7, 11) is 0. The van der Waals surface area contributed by atoms with Gasteiger partial charge in [0.25, 0.3) is 5.91 Å². The second-order valence-corrected chi connectivity index (χ2v) is 7.26. The zero-order valence-corrected chi connectivity index (χ0v) is 15.8. The standard InChI is InChI=1S/C18H29N3O4/c1-11(2)10-14(18(23)21-6-8-24-9-7-21)19-17(22)15-13(5)20-25-16(15)12(3)4/h11-12,14H,6-10H2,1-5H3,(H,19,22). The van der Waals surface area contributed by atoms with Gasteiger partial charge in [-0.25, -0.2) is 0 Å². The van der Waals surface area contributed by atoms with Crippen molar-refractivity contribution in [2.24, 2.45) is 5.92 Å². The number of aromatic nitrogens is 1. The van der Waals surface area contributed by atoms with Gasteiger partial charge in [0.15, 0.2) is 5.76 Å². The van der Waals surface area contributed by atoms with Crippen LogP contribution in [-0.4, -0.2) is 54.2 Å². The Bertz CT molecular complexity index is 603. The highest BCUT2D eigenvalue weighted by atomic mass is 16.5. The first-order valence-corrected chi connectivity index (χ1v) is 8.94. The topological polar surface area (TPSA) is 84.7 Å². The van der Waals surface area contributed by atoms with Gasteiger partial charge < -0.3 is 19.5 Å². The summed E-state index contributed by atoms with van der Waals surface area (Å²) < 4.78 is 10.6. The number of morpholine rings is 1. The highest BCUT2D eigenvalue weighted by Gasteiger charge is 2.30. The Morgan fingerprint density at radius 1 is 1.20 bits per heavy atom. The van der Waals surface area contributed by atoms with Crippen molar-refractivity contribution in [3.05, 3.63) is 17.0 Å². The maximum absolute atomic E-state index is 12.9. The van der Waals surface area contributed by atoms with Crippen molar-refractivity contribution >= 4 is 11.8 Å². The molecule has 1 aromatic heterocycles. The number of amides is 2. The molecule has 7 heteroatoms. The van der Waals surface area contributed by atoms with E-state index in [1.54, 1.807) is 11.8 Å². The van der Waals surface area contributed by atoms with Gasteiger partial charge in [-0.1, -0.05) is 32.9 Å². The molecule has 0 aromatic carbocycles. The summed E-state index contributed by atoms with van der Waals surface area (Å²) in [5, 5.41) is 6.83. The third-order valence-corrected chi connectivity index (χ3v) is 4.27. The second-order valence-electron chi connectivity index (χ2n) is 7.26. The molecule has 1 N–H and O–H groups in total. The summed E-state index contributed by atoms with van der Waals surface area (Å²) in [6, 6.07) is -0.556. The summed E-state index contributed by atoms with van der Waals surface area (Å²) in [4.78, 5) is 27.4. The molecule has 1 aromatic rings. The van der Waals surface area contributed by atoms with E-state index < -0.39 is 6.04 Å². The Hall–Kier alpha value is -1.89. The number of rotatable bonds is 6. The summed E-state index contributed by atoms with van der Waals surface area (Å²) in [5.41, 5.74) is 0.988. The molecular formula is C18H29N3O4. The van der Waals surface area contributed by atoms with Crippen LogP contribution in [0.5, 0.6) is 0 Å². The van der Waals surface area contributed by atoms with E-state index in [9.17, 15) is 9.59 Å². The number of hydrogen-bond acceptors (Lipinski definition) is 5. The zero-order valence-electron chi connectivity index (χ0n) is 15.8. The van der Waals surface area contributed by atoms with Crippen LogP contribution < -0.4 is 5.32 Å². The minimum Gasteiger partial charge on any atom is -0.378 e. The number of ether oxygens (including phenoxy) is 1. The van der Waals surface area contributed by atoms with Crippen LogP contribution in [0.2, 0.25) is 0 Å². The molecule has 0 radical (unpaired) electrons. The second kappa shape index (κ2) is 8.47. The summed E-state index contributed by atoms with van der Waals surface area (Å²) in [6.07, 6.45) is 0.587. The van der Waals surface area contributed by atoms with E-state index in [1.165, 1.54) is 0 Å². The van der Waals surface area contributed by atoms with Crippen LogP contribution in [0.1, 0.15) is 61.8 Å². The lowest BCUT2D eigenvalue weighted by Crippen LogP contribution is -2.52. The molecule has 1 aliphatic rings. The lowest BCUT2D eigenvalue weighted by atomic mass is 10.0. The largest absolute Gasteiger partial charge is 0.378 e. The van der Waals surface area contributed by atoms with Gasteiger partial charge in [-0.3, -0.25) is 9.59 Å². The van der Waals surface area contributed by atoms with Gasteiger partial charge in [0.2, 0.25) is 5.91 Å². The summed E-state index contributed by atoms with van der Waals surface area (Å²) in [6.45, 7) is 11.9. The molecule has 2 rings (SSSR count). The summed E-state index contributed by atoms with van der Waals surface area (Å²) >= 11 is 0. The van der Waals surface area contributed by atoms with Crippen molar-refractivity contribution in [3.63, 3.8) is 0 Å². The fourth-order valence-electron chi connectivity index (χ4n) is 2.98. The highest BCUT2D eigenvalue weighted by Crippen LogP contribution is 2.22. The molecule has 0 bridgehead atoms. The van der Waals surface area contributed by atoms with Crippen LogP contribution in [0, 0.1) is 12.8 Å². The Kier molecular flexibility index (Phi) is 6.58. The fraction of sp³-hybridized carbons (Fsp3) is 0.722. The normalized spacial score (nSPS) is 16.4. The molecule has 0 aliphatic carbocycles. The molecule has 2 amide bonds. The lowest BCUT2D eigenvalue weighted by Gasteiger charge is -2.31. The van der Waals surface area contributed by atoms with Crippen LogP contribution in [0.3, 0.4) is 0 Å². The quantitative estimate of drug-likeness (QED) is 0.848. The molecule has 25 heavy (non-hydrogen) atoms. The molecule has 0 spiro atoms. The van der Waals surface area contributed by atoms with Gasteiger partial charge in [0.1, 0.15) is 11.6 Å². The third kappa shape index (κ3) is 4.81. The number of nitrogens with one attached hydrogen (secondary N) is 1. The molecular weight excluding hydrogens is 322 g/mol. The number of nitrogens with zero attached hydrogens (tertiary/aromatic N) is 2. The van der Waals surface area contributed by atoms with Crippen LogP contribution >= 0.6 is 0 Å². The first-order chi connectivity index (χ1) is 11.8. The minimum atomic E-state index is -0.556. The molecule has 0 saturated carbocycles. The smallest absolute Gasteiger partial charge is 0.257 e. The molecule has 140 valence electrons. The van der Waals surface area contributed by atoms with Gasteiger partial charge >= 0.3 is 0 Å². The molecule has 1 unspecified atom stereocenters. The maximum atomic E-state index is 12.9. The highest BCUT2D eigenvalue weighted by molar-refractivity contribution is 5.99. The Morgan fingerprint density at radius 3 is 2.40 bits per heavy atom. The molecule has 1 aliphatic heterocycles. The van der Waals surface area contributed by atoms with Crippen molar-refractivity contribution in [1.82, 2.24) is 15.4 Å². The SMILES string of the molecule is Cc1noc(C(C)C)c1C(=O)NC(CC(C)C)C(=O)N1CCOCC1. The Morgan fingerprint density at radius 2 is 1.84 bits per heavy atom. The van der Waals surface area contributed by atoms with Crippen LogP contribution in [0.25, 0.3) is 0 Å². The van der Waals surface area contributed by atoms with Gasteiger partial charge in [-0.05, 0) is 19.3 Å². The van der Waals surface area contributed by atoms with Crippen LogP contribution in [-0.2, 0) is 9.53 Å². The fourth-order valence-corrected chi connectivity index (χ4v) is 2.98. The number of carbonyl (C=O) groups excluding carboxylic acids is 2. The van der Waals surface area contributed by atoms with Crippen LogP contribution in [0.15, 0.2) is 4.52 Å². The minimum absolute atomic E-state index is 0.0421. The van der Waals surface area contributed by atoms with E-state index >= 15 is 0 Å². The monoisotopic (exact) mass is 351 g/mol. The van der Waals surface area contributed by atoms with Gasteiger partial charge in [-0.15, -0.1) is 0 Å². The van der Waals surface area contributed by atoms with Crippen molar-refractivity contribution in [3.8, 4) is 0 Å². The summed E-state index contributed by atoms with van der Waals surface area (Å²) in [5.74, 6) is 0.529. The van der Waals surface area contributed by atoms with E-state index in [4.69, 9.17) is 9.26 Å². The van der Waals surface area contributed by atoms with E-state index in [2.05, 4.69) is 10.5 Å². The Balaban J connectivity index is 2.17. The van der Waals surface area contributed by atoms with Gasteiger partial charge in [-0.2, -0.15) is 0 Å². The van der Waals surface area contributed by atoms with E-state index in [1.807, 2.05) is 27.7 Å². The van der Waals surface area contributed by atoms with E-state index in [0.717, 1.165) is 0 Å². The van der Waals surface area contributed by atoms with Crippen molar-refractivity contribution in [2.45, 2.75) is 53.0 Å². The molecule has 2 heterocycles. The zero-order chi connectivity index (χ0) is 18.6. The van der Waals surface area contributed by atoms with E-state index in [0.29, 0.717) is 49.7 Å². The average Bonchev–Trinajstić information content (AvgIpc) is 2.96. The number of carbonyl (C=O) groups is 2. The molecule has 7 nitrogen and oxygen atoms in total. The number of hydrogen-bond donors (Lipinski definition) is 1. The Labute approximate surface area is 149 Å². The van der Waals surface area contributed by atoms with Crippen molar-refractivity contribution in [2.75, 3.05) is 26.3 Å². The van der Waals surface area contributed by atoms with Gasteiger partial charge in [0.05, 0.1) is 18.9 Å². The first kappa shape index (κ1) is 19.4. The first-order valence-electron chi connectivity index (χ1n) is 8.94.